The largest absolute Gasteiger partial charge is 0.454 e. The highest BCUT2D eigenvalue weighted by Crippen LogP contribution is 2.38. The fraction of sp³-hybridized carbons (Fsp3) is 0.357. The smallest absolute Gasteiger partial charge is 0.254 e. The summed E-state index contributed by atoms with van der Waals surface area (Å²) in [6.45, 7) is 3.61. The van der Waals surface area contributed by atoms with Crippen molar-refractivity contribution in [3.8, 4) is 11.5 Å². The maximum Gasteiger partial charge on any atom is 0.254 e. The highest BCUT2D eigenvalue weighted by Gasteiger charge is 2.31. The van der Waals surface area contributed by atoms with Gasteiger partial charge in [0.2, 0.25) is 12.7 Å². The molecule has 3 aliphatic heterocycles. The van der Waals surface area contributed by atoms with Gasteiger partial charge >= 0.3 is 0 Å². The number of hydrogen-bond acceptors (Lipinski definition) is 6. The number of halogens is 1. The van der Waals surface area contributed by atoms with Crippen LogP contribution in [0.2, 0.25) is 0 Å². The van der Waals surface area contributed by atoms with Crippen LogP contribution in [0.15, 0.2) is 53.9 Å². The quantitative estimate of drug-likeness (QED) is 0.509. The number of piperazine rings is 1. The Morgan fingerprint density at radius 2 is 1.76 bits per heavy atom. The van der Waals surface area contributed by atoms with Gasteiger partial charge in [-0.2, -0.15) is 0 Å². The molecule has 4 heterocycles. The maximum absolute atomic E-state index is 14.0. The van der Waals surface area contributed by atoms with Crippen LogP contribution in [0.4, 0.5) is 4.39 Å². The zero-order valence-electron chi connectivity index (χ0n) is 20.4. The van der Waals surface area contributed by atoms with Crippen molar-refractivity contribution in [2.45, 2.75) is 18.9 Å². The number of carbonyl (C=O) groups excluding carboxylic acids is 2. The third-order valence-corrected chi connectivity index (χ3v) is 8.38. The molecule has 2 aromatic carbocycles. The zero-order valence-corrected chi connectivity index (χ0v) is 21.2. The Balaban J connectivity index is 1.06. The molecule has 1 atom stereocenters. The number of hydrogen-bond donors (Lipinski definition) is 0. The standard InChI is InChI=1S/C28H28FN3O4S/c29-21-3-1-2-19(16-21)27-22-8-15-37-25(22)6-9-31(27)10-7-26(33)30-11-13-32(14-12-30)28(34)20-4-5-23-24(17-20)36-18-35-23/h1-5,8,15-17,27H,6-7,9-14,18H2/t27-/m1/s1. The molecule has 1 saturated heterocycles. The number of thiophene rings is 1. The first kappa shape index (κ1) is 23.9. The van der Waals surface area contributed by atoms with Crippen LogP contribution in [0.3, 0.4) is 0 Å². The second-order valence-electron chi connectivity index (χ2n) is 9.53. The summed E-state index contributed by atoms with van der Waals surface area (Å²) in [5.41, 5.74) is 2.69. The zero-order chi connectivity index (χ0) is 25.4. The summed E-state index contributed by atoms with van der Waals surface area (Å²) in [6, 6.07) is 14.1. The Kier molecular flexibility index (Phi) is 6.56. The number of nitrogens with zero attached hydrogens (tertiary/aromatic N) is 3. The molecule has 2 amide bonds. The fourth-order valence-corrected chi connectivity index (χ4v) is 6.35. The maximum atomic E-state index is 14.0. The molecule has 0 spiro atoms. The molecular weight excluding hydrogens is 493 g/mol. The molecule has 6 rings (SSSR count). The van der Waals surface area contributed by atoms with Gasteiger partial charge in [0, 0.05) is 56.1 Å². The molecule has 3 aromatic rings. The van der Waals surface area contributed by atoms with E-state index in [-0.39, 0.29) is 30.5 Å². The molecule has 3 aliphatic rings. The molecule has 0 saturated carbocycles. The first-order valence-electron chi connectivity index (χ1n) is 12.6. The number of carbonyl (C=O) groups is 2. The average molecular weight is 522 g/mol. The molecule has 0 radical (unpaired) electrons. The van der Waals surface area contributed by atoms with Crippen molar-refractivity contribution in [2.24, 2.45) is 0 Å². The molecule has 1 fully saturated rings. The van der Waals surface area contributed by atoms with E-state index in [0.29, 0.717) is 56.2 Å². The summed E-state index contributed by atoms with van der Waals surface area (Å²) in [4.78, 5) is 33.3. The van der Waals surface area contributed by atoms with E-state index in [1.54, 1.807) is 46.6 Å². The van der Waals surface area contributed by atoms with Crippen molar-refractivity contribution >= 4 is 23.2 Å². The lowest BCUT2D eigenvalue weighted by atomic mass is 9.93. The van der Waals surface area contributed by atoms with Gasteiger partial charge in [0.1, 0.15) is 5.82 Å². The van der Waals surface area contributed by atoms with Gasteiger partial charge < -0.3 is 19.3 Å². The summed E-state index contributed by atoms with van der Waals surface area (Å²) in [7, 11) is 0. The summed E-state index contributed by atoms with van der Waals surface area (Å²) in [5, 5.41) is 2.09. The first-order valence-corrected chi connectivity index (χ1v) is 13.5. The number of rotatable bonds is 5. The topological polar surface area (TPSA) is 62.3 Å². The van der Waals surface area contributed by atoms with Gasteiger partial charge in [-0.15, -0.1) is 11.3 Å². The number of benzene rings is 2. The van der Waals surface area contributed by atoms with Gasteiger partial charge in [0.15, 0.2) is 11.5 Å². The van der Waals surface area contributed by atoms with Gasteiger partial charge in [0.05, 0.1) is 6.04 Å². The lowest BCUT2D eigenvalue weighted by Gasteiger charge is -2.38. The molecule has 37 heavy (non-hydrogen) atoms. The predicted molar refractivity (Wildman–Crippen MR) is 138 cm³/mol. The molecule has 1 aromatic heterocycles. The van der Waals surface area contributed by atoms with E-state index in [0.717, 1.165) is 18.5 Å². The Hall–Kier alpha value is -3.43. The highest BCUT2D eigenvalue weighted by atomic mass is 32.1. The van der Waals surface area contributed by atoms with E-state index >= 15 is 0 Å². The van der Waals surface area contributed by atoms with E-state index in [1.807, 2.05) is 11.0 Å². The summed E-state index contributed by atoms with van der Waals surface area (Å²) in [5.74, 6) is 1.01. The van der Waals surface area contributed by atoms with Crippen LogP contribution >= 0.6 is 11.3 Å². The fourth-order valence-electron chi connectivity index (χ4n) is 5.44. The van der Waals surface area contributed by atoms with E-state index in [2.05, 4.69) is 16.3 Å². The van der Waals surface area contributed by atoms with Gasteiger partial charge in [0.25, 0.3) is 5.91 Å². The molecule has 0 aliphatic carbocycles. The SMILES string of the molecule is O=C(CCN1CCc2sccc2[C@H]1c1cccc(F)c1)N1CCN(C(=O)c2ccc3c(c2)OCO3)CC1. The monoisotopic (exact) mass is 521 g/mol. The minimum absolute atomic E-state index is 0.0466. The van der Waals surface area contributed by atoms with Crippen molar-refractivity contribution in [3.05, 3.63) is 81.3 Å². The normalized spacial score (nSPS) is 19.1. The van der Waals surface area contributed by atoms with Crippen LogP contribution in [0.1, 0.15) is 38.8 Å². The van der Waals surface area contributed by atoms with Gasteiger partial charge in [-0.05, 0) is 59.3 Å². The minimum Gasteiger partial charge on any atom is -0.454 e. The third-order valence-electron chi connectivity index (χ3n) is 7.38. The Bertz CT molecular complexity index is 1320. The minimum atomic E-state index is -0.246. The first-order chi connectivity index (χ1) is 18.1. The third kappa shape index (κ3) is 4.81. The number of fused-ring (bicyclic) bond motifs is 2. The van der Waals surface area contributed by atoms with Crippen molar-refractivity contribution in [1.29, 1.82) is 0 Å². The molecule has 9 heteroatoms. The molecule has 0 bridgehead atoms. The van der Waals surface area contributed by atoms with Gasteiger partial charge in [-0.1, -0.05) is 12.1 Å². The van der Waals surface area contributed by atoms with Crippen LogP contribution in [0.5, 0.6) is 11.5 Å². The Morgan fingerprint density at radius 3 is 2.59 bits per heavy atom. The van der Waals surface area contributed by atoms with Crippen molar-refractivity contribution in [3.63, 3.8) is 0 Å². The molecule has 0 N–H and O–H groups in total. The highest BCUT2D eigenvalue weighted by molar-refractivity contribution is 7.10. The molecule has 0 unspecified atom stereocenters. The molecule has 7 nitrogen and oxygen atoms in total. The average Bonchev–Trinajstić information content (AvgIpc) is 3.60. The van der Waals surface area contributed by atoms with Crippen molar-refractivity contribution < 1.29 is 23.5 Å². The number of amides is 2. The van der Waals surface area contributed by atoms with E-state index in [1.165, 1.54) is 16.5 Å². The Morgan fingerprint density at radius 1 is 0.946 bits per heavy atom. The van der Waals surface area contributed by atoms with Crippen LogP contribution < -0.4 is 9.47 Å². The van der Waals surface area contributed by atoms with Crippen LogP contribution in [-0.4, -0.2) is 72.6 Å². The van der Waals surface area contributed by atoms with Crippen molar-refractivity contribution in [2.75, 3.05) is 46.1 Å². The second kappa shape index (κ2) is 10.1. The van der Waals surface area contributed by atoms with Crippen molar-refractivity contribution in [1.82, 2.24) is 14.7 Å². The summed E-state index contributed by atoms with van der Waals surface area (Å²) < 4.78 is 24.8. The Labute approximate surface area is 219 Å². The van der Waals surface area contributed by atoms with Crippen LogP contribution in [0.25, 0.3) is 0 Å². The molecular formula is C28H28FN3O4S. The molecule has 192 valence electrons. The van der Waals surface area contributed by atoms with Gasteiger partial charge in [-0.3, -0.25) is 14.5 Å². The van der Waals surface area contributed by atoms with E-state index in [4.69, 9.17) is 9.47 Å². The number of ether oxygens (including phenoxy) is 2. The van der Waals surface area contributed by atoms with E-state index < -0.39 is 0 Å². The summed E-state index contributed by atoms with van der Waals surface area (Å²) >= 11 is 1.74. The lowest BCUT2D eigenvalue weighted by Crippen LogP contribution is -2.51. The predicted octanol–water partition coefficient (Wildman–Crippen LogP) is 3.94. The second-order valence-corrected chi connectivity index (χ2v) is 10.5. The van der Waals surface area contributed by atoms with Crippen LogP contribution in [0, 0.1) is 5.82 Å². The van der Waals surface area contributed by atoms with Crippen LogP contribution in [-0.2, 0) is 11.2 Å². The van der Waals surface area contributed by atoms with Gasteiger partial charge in [-0.25, -0.2) is 4.39 Å². The summed E-state index contributed by atoms with van der Waals surface area (Å²) in [6.07, 6.45) is 1.33. The van der Waals surface area contributed by atoms with E-state index in [9.17, 15) is 14.0 Å². The lowest BCUT2D eigenvalue weighted by molar-refractivity contribution is -0.133.